The van der Waals surface area contributed by atoms with E-state index in [4.69, 9.17) is 0 Å². The maximum atomic E-state index is 13.6. The smallest absolute Gasteiger partial charge is 0.188 e. The zero-order valence-electron chi connectivity index (χ0n) is 14.6. The van der Waals surface area contributed by atoms with E-state index in [0.717, 1.165) is 18.4 Å². The van der Waals surface area contributed by atoms with E-state index in [-0.39, 0.29) is 17.3 Å². The fraction of sp³-hybridized carbons (Fsp3) is 0.400. The number of aliphatic hydroxyl groups excluding tert-OH is 1. The van der Waals surface area contributed by atoms with Crippen molar-refractivity contribution in [1.82, 2.24) is 0 Å². The molecule has 1 atom stereocenters. The molecular weight excluding hydrogens is 336 g/mol. The average molecular weight is 362 g/mol. The van der Waals surface area contributed by atoms with Crippen molar-refractivity contribution in [1.29, 1.82) is 0 Å². The van der Waals surface area contributed by atoms with Gasteiger partial charge in [-0.1, -0.05) is 50.1 Å². The van der Waals surface area contributed by atoms with Gasteiger partial charge in [-0.15, -0.1) is 0 Å². The molecule has 4 nitrogen and oxygen atoms in total. The van der Waals surface area contributed by atoms with Crippen molar-refractivity contribution < 1.29 is 18.6 Å². The number of aromatic hydroxyl groups is 1. The lowest BCUT2D eigenvalue weighted by atomic mass is 9.88. The molecule has 0 aliphatic carbocycles. The molecule has 0 saturated heterocycles. The highest BCUT2D eigenvalue weighted by Gasteiger charge is 2.45. The number of sulfone groups is 1. The van der Waals surface area contributed by atoms with Crippen LogP contribution in [0.5, 0.6) is 5.75 Å². The van der Waals surface area contributed by atoms with Crippen LogP contribution in [0.15, 0.2) is 59.5 Å². The van der Waals surface area contributed by atoms with E-state index in [1.54, 1.807) is 0 Å². The molecule has 2 aromatic rings. The van der Waals surface area contributed by atoms with E-state index in [2.05, 4.69) is 0 Å². The third kappa shape index (κ3) is 4.05. The highest BCUT2D eigenvalue weighted by atomic mass is 32.2. The minimum atomic E-state index is -3.70. The van der Waals surface area contributed by atoms with Crippen LogP contribution < -0.4 is 0 Å². The molecule has 5 heteroatoms. The van der Waals surface area contributed by atoms with Gasteiger partial charge in [-0.05, 0) is 49.1 Å². The number of aliphatic hydroxyl groups is 1. The Balaban J connectivity index is 2.64. The molecule has 0 spiro atoms. The molecule has 0 heterocycles. The molecule has 2 rings (SSSR count). The highest BCUT2D eigenvalue weighted by Crippen LogP contribution is 2.43. The number of hydrogen-bond donors (Lipinski definition) is 2. The summed E-state index contributed by atoms with van der Waals surface area (Å²) in [5.74, 6) is 0.0353. The van der Waals surface area contributed by atoms with Crippen LogP contribution in [-0.2, 0) is 14.6 Å². The van der Waals surface area contributed by atoms with Gasteiger partial charge in [-0.25, -0.2) is 8.42 Å². The Morgan fingerprint density at radius 1 is 0.920 bits per heavy atom. The summed E-state index contributed by atoms with van der Waals surface area (Å²) >= 11 is 0. The fourth-order valence-electron chi connectivity index (χ4n) is 3.26. The maximum Gasteiger partial charge on any atom is 0.188 e. The van der Waals surface area contributed by atoms with E-state index >= 15 is 0 Å². The molecule has 2 N–H and O–H groups in total. The lowest BCUT2D eigenvalue weighted by molar-refractivity contribution is 0.271. The summed E-state index contributed by atoms with van der Waals surface area (Å²) in [7, 11) is -3.70. The molecule has 0 radical (unpaired) electrons. The van der Waals surface area contributed by atoms with Crippen molar-refractivity contribution in [3.8, 4) is 5.75 Å². The monoisotopic (exact) mass is 362 g/mol. The van der Waals surface area contributed by atoms with E-state index in [1.807, 2.05) is 37.3 Å². The van der Waals surface area contributed by atoms with Gasteiger partial charge in [0.25, 0.3) is 0 Å². The summed E-state index contributed by atoms with van der Waals surface area (Å²) in [6, 6.07) is 15.0. The van der Waals surface area contributed by atoms with Crippen molar-refractivity contribution in [2.75, 3.05) is 6.61 Å². The molecular formula is C20H26O4S. The van der Waals surface area contributed by atoms with Gasteiger partial charge in [0.1, 0.15) is 10.5 Å². The number of benzene rings is 2. The SMILES string of the molecule is CCCCC(CCCO)(c1ccccc1)S(=O)(=O)c1ccc(O)cc1. The van der Waals surface area contributed by atoms with Crippen LogP contribution >= 0.6 is 0 Å². The van der Waals surface area contributed by atoms with Crippen LogP contribution in [0.3, 0.4) is 0 Å². The zero-order chi connectivity index (χ0) is 18.3. The number of hydrogen-bond acceptors (Lipinski definition) is 4. The number of phenolic OH excluding ortho intramolecular Hbond substituents is 1. The predicted octanol–water partition coefficient (Wildman–Crippen LogP) is 4.02. The van der Waals surface area contributed by atoms with E-state index in [9.17, 15) is 18.6 Å². The number of unbranched alkanes of at least 4 members (excludes halogenated alkanes) is 1. The third-order valence-corrected chi connectivity index (χ3v) is 7.20. The van der Waals surface area contributed by atoms with Crippen LogP contribution in [0.2, 0.25) is 0 Å². The van der Waals surface area contributed by atoms with Gasteiger partial charge >= 0.3 is 0 Å². The Kier molecular flexibility index (Phi) is 6.62. The molecule has 0 amide bonds. The predicted molar refractivity (Wildman–Crippen MR) is 99.3 cm³/mol. The average Bonchev–Trinajstić information content (AvgIpc) is 2.63. The lowest BCUT2D eigenvalue weighted by Crippen LogP contribution is -2.36. The van der Waals surface area contributed by atoms with Crippen LogP contribution in [0, 0.1) is 0 Å². The zero-order valence-corrected chi connectivity index (χ0v) is 15.4. The topological polar surface area (TPSA) is 74.6 Å². The Labute approximate surface area is 150 Å². The Hall–Kier alpha value is -1.85. The van der Waals surface area contributed by atoms with Gasteiger partial charge in [0.05, 0.1) is 4.90 Å². The van der Waals surface area contributed by atoms with Crippen molar-refractivity contribution in [3.05, 3.63) is 60.2 Å². The van der Waals surface area contributed by atoms with Crippen LogP contribution in [0.1, 0.15) is 44.6 Å². The second-order valence-electron chi connectivity index (χ2n) is 6.29. The lowest BCUT2D eigenvalue weighted by Gasteiger charge is -2.34. The first kappa shape index (κ1) is 19.5. The summed E-state index contributed by atoms with van der Waals surface area (Å²) in [5.41, 5.74) is 0.755. The molecule has 0 aromatic heterocycles. The molecule has 0 saturated carbocycles. The van der Waals surface area contributed by atoms with Gasteiger partial charge in [0.2, 0.25) is 0 Å². The molecule has 0 aliphatic rings. The number of rotatable bonds is 9. The first-order valence-corrected chi connectivity index (χ1v) is 10.2. The second kappa shape index (κ2) is 8.50. The van der Waals surface area contributed by atoms with E-state index in [0.29, 0.717) is 19.3 Å². The molecule has 2 aromatic carbocycles. The molecule has 0 fully saturated rings. The normalized spacial score (nSPS) is 14.2. The largest absolute Gasteiger partial charge is 0.508 e. The van der Waals surface area contributed by atoms with E-state index in [1.165, 1.54) is 24.3 Å². The first-order valence-electron chi connectivity index (χ1n) is 8.68. The summed E-state index contributed by atoms with van der Waals surface area (Å²) in [6.07, 6.45) is 2.93. The van der Waals surface area contributed by atoms with E-state index < -0.39 is 14.6 Å². The molecule has 25 heavy (non-hydrogen) atoms. The van der Waals surface area contributed by atoms with Crippen molar-refractivity contribution in [2.24, 2.45) is 0 Å². The van der Waals surface area contributed by atoms with Gasteiger partial charge in [-0.2, -0.15) is 0 Å². The van der Waals surface area contributed by atoms with Gasteiger partial charge in [-0.3, -0.25) is 0 Å². The Bertz CT molecular complexity index is 744. The quantitative estimate of drug-likeness (QED) is 0.706. The van der Waals surface area contributed by atoms with Crippen LogP contribution in [0.25, 0.3) is 0 Å². The van der Waals surface area contributed by atoms with Crippen LogP contribution in [0.4, 0.5) is 0 Å². The Morgan fingerprint density at radius 3 is 2.08 bits per heavy atom. The summed E-state index contributed by atoms with van der Waals surface area (Å²) < 4.78 is 26.1. The van der Waals surface area contributed by atoms with Crippen molar-refractivity contribution >= 4 is 9.84 Å². The molecule has 0 aliphatic heterocycles. The second-order valence-corrected chi connectivity index (χ2v) is 8.55. The standard InChI is InChI=1S/C20H26O4S/c1-2-3-14-20(15-7-16-21,17-8-5-4-6-9-17)25(23,24)19-12-10-18(22)11-13-19/h4-6,8-13,21-22H,2-3,7,14-16H2,1H3. The van der Waals surface area contributed by atoms with Crippen LogP contribution in [-0.4, -0.2) is 25.2 Å². The third-order valence-electron chi connectivity index (χ3n) is 4.63. The van der Waals surface area contributed by atoms with Gasteiger partial charge in [0.15, 0.2) is 9.84 Å². The summed E-state index contributed by atoms with van der Waals surface area (Å²) in [6.45, 7) is 1.99. The highest BCUT2D eigenvalue weighted by molar-refractivity contribution is 7.92. The minimum absolute atomic E-state index is 0.0353. The molecule has 1 unspecified atom stereocenters. The van der Waals surface area contributed by atoms with Crippen molar-refractivity contribution in [3.63, 3.8) is 0 Å². The summed E-state index contributed by atoms with van der Waals surface area (Å²) in [4.78, 5) is 0.197. The van der Waals surface area contributed by atoms with Gasteiger partial charge < -0.3 is 10.2 Å². The summed E-state index contributed by atoms with van der Waals surface area (Å²) in [5, 5.41) is 18.8. The van der Waals surface area contributed by atoms with Gasteiger partial charge in [0, 0.05) is 6.61 Å². The minimum Gasteiger partial charge on any atom is -0.508 e. The molecule has 0 bridgehead atoms. The van der Waals surface area contributed by atoms with Crippen molar-refractivity contribution in [2.45, 2.75) is 48.7 Å². The maximum absolute atomic E-state index is 13.6. The fourth-order valence-corrected chi connectivity index (χ4v) is 5.48. The number of phenols is 1. The Morgan fingerprint density at radius 2 is 1.52 bits per heavy atom. The molecule has 136 valence electrons. The first-order chi connectivity index (χ1) is 12.0.